The third kappa shape index (κ3) is 3.79. The monoisotopic (exact) mass is 329 g/mol. The Morgan fingerprint density at radius 3 is 2.26 bits per heavy atom. The first-order chi connectivity index (χ1) is 8.66. The molecule has 0 aliphatic carbocycles. The minimum Gasteiger partial charge on any atom is -0.481 e. The molecule has 0 aliphatic heterocycles. The molecule has 0 bridgehead atoms. The summed E-state index contributed by atoms with van der Waals surface area (Å²) < 4.78 is 38.1. The van der Waals surface area contributed by atoms with Crippen molar-refractivity contribution in [1.29, 1.82) is 0 Å². The van der Waals surface area contributed by atoms with E-state index in [9.17, 15) is 17.6 Å². The van der Waals surface area contributed by atoms with Crippen LogP contribution in [0.2, 0.25) is 10.0 Å². The molecule has 0 amide bonds. The number of sulfonamides is 1. The first-order valence-electron chi connectivity index (χ1n) is 4.99. The minimum atomic E-state index is -4.07. The van der Waals surface area contributed by atoms with Crippen molar-refractivity contribution in [3.8, 4) is 0 Å². The first kappa shape index (κ1) is 16.2. The Balaban J connectivity index is 3.17. The van der Waals surface area contributed by atoms with Crippen molar-refractivity contribution in [2.75, 3.05) is 13.6 Å². The van der Waals surface area contributed by atoms with Gasteiger partial charge in [0.25, 0.3) is 0 Å². The summed E-state index contributed by atoms with van der Waals surface area (Å²) in [6.45, 7) is -0.248. The van der Waals surface area contributed by atoms with Gasteiger partial charge in [0.15, 0.2) is 0 Å². The Morgan fingerprint density at radius 2 is 1.84 bits per heavy atom. The number of aliphatic carboxylic acids is 1. The Hall–Kier alpha value is -0.890. The van der Waals surface area contributed by atoms with Crippen molar-refractivity contribution in [2.45, 2.75) is 11.3 Å². The SMILES string of the molecule is CN(CCC(=O)O)S(=O)(=O)c1c(Cl)cc(F)cc1Cl. The lowest BCUT2D eigenvalue weighted by Crippen LogP contribution is -2.29. The highest BCUT2D eigenvalue weighted by Gasteiger charge is 2.27. The van der Waals surface area contributed by atoms with E-state index in [2.05, 4.69) is 0 Å². The van der Waals surface area contributed by atoms with Gasteiger partial charge in [0.2, 0.25) is 10.0 Å². The van der Waals surface area contributed by atoms with Gasteiger partial charge in [-0.2, -0.15) is 0 Å². The lowest BCUT2D eigenvalue weighted by molar-refractivity contribution is -0.137. The highest BCUT2D eigenvalue weighted by atomic mass is 35.5. The van der Waals surface area contributed by atoms with Crippen LogP contribution in [0.1, 0.15) is 6.42 Å². The summed E-state index contributed by atoms with van der Waals surface area (Å²) in [7, 11) is -2.88. The van der Waals surface area contributed by atoms with Gasteiger partial charge in [0, 0.05) is 13.6 Å². The molecule has 19 heavy (non-hydrogen) atoms. The fourth-order valence-electron chi connectivity index (χ4n) is 1.30. The van der Waals surface area contributed by atoms with Crippen LogP contribution in [0.4, 0.5) is 4.39 Å². The maximum atomic E-state index is 13.0. The Labute approximate surface area is 119 Å². The van der Waals surface area contributed by atoms with E-state index in [-0.39, 0.29) is 23.0 Å². The largest absolute Gasteiger partial charge is 0.481 e. The second-order valence-electron chi connectivity index (χ2n) is 3.67. The van der Waals surface area contributed by atoms with Gasteiger partial charge in [-0.05, 0) is 12.1 Å². The molecular weight excluding hydrogens is 320 g/mol. The number of hydrogen-bond acceptors (Lipinski definition) is 3. The fourth-order valence-corrected chi connectivity index (χ4v) is 3.60. The Kier molecular flexibility index (Phi) is 5.14. The van der Waals surface area contributed by atoms with Crippen molar-refractivity contribution in [1.82, 2.24) is 4.31 Å². The Bertz CT molecular complexity index is 583. The number of carbonyl (C=O) groups is 1. The lowest BCUT2D eigenvalue weighted by atomic mass is 10.3. The lowest BCUT2D eigenvalue weighted by Gasteiger charge is -2.18. The fraction of sp³-hybridized carbons (Fsp3) is 0.300. The van der Waals surface area contributed by atoms with Gasteiger partial charge >= 0.3 is 5.97 Å². The van der Waals surface area contributed by atoms with Gasteiger partial charge in [-0.15, -0.1) is 0 Å². The average Bonchev–Trinajstić information content (AvgIpc) is 2.23. The third-order valence-electron chi connectivity index (χ3n) is 2.27. The maximum absolute atomic E-state index is 13.0. The van der Waals surface area contributed by atoms with Gasteiger partial charge in [0.05, 0.1) is 16.5 Å². The highest BCUT2D eigenvalue weighted by molar-refractivity contribution is 7.89. The Morgan fingerprint density at radius 1 is 1.37 bits per heavy atom. The smallest absolute Gasteiger partial charge is 0.304 e. The summed E-state index contributed by atoms with van der Waals surface area (Å²) >= 11 is 11.4. The van der Waals surface area contributed by atoms with E-state index in [4.69, 9.17) is 28.3 Å². The molecule has 0 heterocycles. The molecule has 0 atom stereocenters. The minimum absolute atomic E-state index is 0.248. The van der Waals surface area contributed by atoms with Crippen LogP contribution in [0.15, 0.2) is 17.0 Å². The zero-order valence-electron chi connectivity index (χ0n) is 9.73. The number of hydrogen-bond donors (Lipinski definition) is 1. The van der Waals surface area contributed by atoms with E-state index < -0.39 is 26.7 Å². The standard InChI is InChI=1S/C10H10Cl2FNO4S/c1-14(3-2-9(15)16)19(17,18)10-7(11)4-6(13)5-8(10)12/h4-5H,2-3H2,1H3,(H,15,16). The van der Waals surface area contributed by atoms with E-state index in [1.165, 1.54) is 7.05 Å². The first-order valence-corrected chi connectivity index (χ1v) is 7.18. The van der Waals surface area contributed by atoms with Crippen LogP contribution in [-0.4, -0.2) is 37.4 Å². The molecule has 0 aliphatic rings. The molecule has 1 N–H and O–H groups in total. The molecule has 0 saturated heterocycles. The predicted molar refractivity (Wildman–Crippen MR) is 68.5 cm³/mol. The molecule has 0 unspecified atom stereocenters. The zero-order chi connectivity index (χ0) is 14.8. The van der Waals surface area contributed by atoms with Crippen LogP contribution in [0.3, 0.4) is 0 Å². The molecule has 1 rings (SSSR count). The quantitative estimate of drug-likeness (QED) is 0.898. The van der Waals surface area contributed by atoms with E-state index in [1.54, 1.807) is 0 Å². The van der Waals surface area contributed by atoms with Crippen LogP contribution < -0.4 is 0 Å². The summed E-state index contributed by atoms with van der Waals surface area (Å²) in [6.07, 6.45) is -0.369. The van der Waals surface area contributed by atoms with Gasteiger partial charge in [-0.3, -0.25) is 4.79 Å². The summed E-state index contributed by atoms with van der Waals surface area (Å²) in [5, 5.41) is 7.81. The number of rotatable bonds is 5. The van der Waals surface area contributed by atoms with Crippen molar-refractivity contribution >= 4 is 39.2 Å². The molecule has 0 radical (unpaired) electrons. The van der Waals surface area contributed by atoms with E-state index >= 15 is 0 Å². The van der Waals surface area contributed by atoms with Crippen molar-refractivity contribution in [3.63, 3.8) is 0 Å². The molecule has 5 nitrogen and oxygen atoms in total. The molecule has 1 aromatic carbocycles. The molecule has 0 spiro atoms. The topological polar surface area (TPSA) is 74.7 Å². The molecular formula is C10H10Cl2FNO4S. The number of nitrogens with zero attached hydrogens (tertiary/aromatic N) is 1. The van der Waals surface area contributed by atoms with E-state index in [1.807, 2.05) is 0 Å². The third-order valence-corrected chi connectivity index (χ3v) is 5.05. The van der Waals surface area contributed by atoms with Gasteiger partial charge < -0.3 is 5.11 Å². The molecule has 0 aromatic heterocycles. The molecule has 0 fully saturated rings. The predicted octanol–water partition coefficient (Wildman–Crippen LogP) is 2.23. The summed E-state index contributed by atoms with van der Waals surface area (Å²) in [4.78, 5) is 9.98. The van der Waals surface area contributed by atoms with Crippen LogP contribution in [0, 0.1) is 5.82 Å². The molecule has 9 heteroatoms. The van der Waals surface area contributed by atoms with Gasteiger partial charge in [0.1, 0.15) is 10.7 Å². The van der Waals surface area contributed by atoms with Gasteiger partial charge in [-0.1, -0.05) is 23.2 Å². The van der Waals surface area contributed by atoms with Crippen LogP contribution in [-0.2, 0) is 14.8 Å². The molecule has 106 valence electrons. The number of carboxylic acids is 1. The normalized spacial score (nSPS) is 11.8. The second-order valence-corrected chi connectivity index (χ2v) is 6.47. The summed E-state index contributed by atoms with van der Waals surface area (Å²) in [5.41, 5.74) is 0. The van der Waals surface area contributed by atoms with Crippen molar-refractivity contribution < 1.29 is 22.7 Å². The number of halogens is 3. The molecule has 1 aromatic rings. The maximum Gasteiger partial charge on any atom is 0.304 e. The second kappa shape index (κ2) is 6.04. The van der Waals surface area contributed by atoms with Crippen LogP contribution >= 0.6 is 23.2 Å². The van der Waals surface area contributed by atoms with Gasteiger partial charge in [-0.25, -0.2) is 17.1 Å². The number of carboxylic acid groups (broad SMARTS) is 1. The summed E-state index contributed by atoms with van der Waals surface area (Å²) in [5.74, 6) is -1.90. The van der Waals surface area contributed by atoms with Crippen LogP contribution in [0.5, 0.6) is 0 Å². The highest BCUT2D eigenvalue weighted by Crippen LogP contribution is 2.32. The summed E-state index contributed by atoms with van der Waals surface area (Å²) in [6, 6.07) is 1.65. The van der Waals surface area contributed by atoms with Crippen molar-refractivity contribution in [2.24, 2.45) is 0 Å². The zero-order valence-corrected chi connectivity index (χ0v) is 12.1. The number of benzene rings is 1. The molecule has 0 saturated carbocycles. The van der Waals surface area contributed by atoms with E-state index in [0.717, 1.165) is 16.4 Å². The van der Waals surface area contributed by atoms with Crippen LogP contribution in [0.25, 0.3) is 0 Å². The van der Waals surface area contributed by atoms with Crippen molar-refractivity contribution in [3.05, 3.63) is 28.0 Å². The van der Waals surface area contributed by atoms with E-state index in [0.29, 0.717) is 0 Å². The average molecular weight is 330 g/mol.